The van der Waals surface area contributed by atoms with Crippen LogP contribution in [0, 0.1) is 0 Å². The predicted octanol–water partition coefficient (Wildman–Crippen LogP) is 3.08. The zero-order valence-electron chi connectivity index (χ0n) is 14.8. The van der Waals surface area contributed by atoms with Crippen molar-refractivity contribution in [2.45, 2.75) is 0 Å². The second kappa shape index (κ2) is 11.0. The summed E-state index contributed by atoms with van der Waals surface area (Å²) in [5.41, 5.74) is 5.47. The molecule has 0 saturated heterocycles. The maximum absolute atomic E-state index is 12.3. The Balaban J connectivity index is 1.88. The van der Waals surface area contributed by atoms with Gasteiger partial charge in [0, 0.05) is 12.7 Å². The van der Waals surface area contributed by atoms with Crippen LogP contribution in [0.1, 0.15) is 20.7 Å². The number of hydrogen-bond donors (Lipinski definition) is 3. The highest BCUT2D eigenvalue weighted by atomic mass is 79.9. The average molecular weight is 487 g/mol. The lowest BCUT2D eigenvalue weighted by atomic mass is 10.2. The van der Waals surface area contributed by atoms with Crippen molar-refractivity contribution in [1.82, 2.24) is 16.2 Å². The Bertz CT molecular complexity index is 882. The fourth-order valence-electron chi connectivity index (χ4n) is 2.03. The molecule has 7 nitrogen and oxygen atoms in total. The number of carbonyl (C=O) groups excluding carboxylic acids is 2. The Morgan fingerprint density at radius 2 is 1.86 bits per heavy atom. The quantitative estimate of drug-likeness (QED) is 0.330. The summed E-state index contributed by atoms with van der Waals surface area (Å²) in [6, 6.07) is 11.4. The predicted molar refractivity (Wildman–Crippen MR) is 114 cm³/mol. The smallest absolute Gasteiger partial charge is 0.271 e. The molecule has 2 aromatic carbocycles. The van der Waals surface area contributed by atoms with Crippen LogP contribution in [0.4, 0.5) is 0 Å². The largest absolute Gasteiger partial charge is 0.490 e. The van der Waals surface area contributed by atoms with Gasteiger partial charge in [-0.05, 0) is 58.5 Å². The van der Waals surface area contributed by atoms with Crippen LogP contribution in [0.25, 0.3) is 0 Å². The van der Waals surface area contributed by atoms with E-state index in [9.17, 15) is 9.59 Å². The van der Waals surface area contributed by atoms with Crippen molar-refractivity contribution in [2.75, 3.05) is 20.3 Å². The van der Waals surface area contributed by atoms with Crippen LogP contribution in [0.15, 0.2) is 46.9 Å². The summed E-state index contributed by atoms with van der Waals surface area (Å²) < 4.78 is 11.0. The molecule has 2 rings (SSSR count). The zero-order valence-corrected chi connectivity index (χ0v) is 17.9. The van der Waals surface area contributed by atoms with Crippen LogP contribution in [-0.2, 0) is 4.74 Å². The average Bonchev–Trinajstić information content (AvgIpc) is 2.67. The molecule has 2 amide bonds. The summed E-state index contributed by atoms with van der Waals surface area (Å²) in [4.78, 5) is 24.4. The van der Waals surface area contributed by atoms with Crippen LogP contribution in [-0.4, -0.2) is 37.3 Å². The highest BCUT2D eigenvalue weighted by molar-refractivity contribution is 9.10. The first kappa shape index (κ1) is 22.1. The molecule has 0 aliphatic carbocycles. The molecule has 28 heavy (non-hydrogen) atoms. The molecule has 0 atom stereocenters. The lowest BCUT2D eigenvalue weighted by Gasteiger charge is -2.12. The lowest BCUT2D eigenvalue weighted by Crippen LogP contribution is -2.48. The molecule has 0 unspecified atom stereocenters. The number of methoxy groups -OCH3 is 1. The first-order valence-corrected chi connectivity index (χ1v) is 9.57. The summed E-state index contributed by atoms with van der Waals surface area (Å²) in [6.45, 7) is 0.842. The number of hydrogen-bond acceptors (Lipinski definition) is 5. The molecule has 2 aromatic rings. The topological polar surface area (TPSA) is 88.7 Å². The first-order chi connectivity index (χ1) is 13.4. The first-order valence-electron chi connectivity index (χ1n) is 8.00. The third-order valence-corrected chi connectivity index (χ3v) is 4.53. The second-order valence-corrected chi connectivity index (χ2v) is 7.00. The van der Waals surface area contributed by atoms with Crippen molar-refractivity contribution >= 4 is 56.7 Å². The summed E-state index contributed by atoms with van der Waals surface area (Å²) >= 11 is 14.3. The molecular formula is C18H17BrClN3O4S. The van der Waals surface area contributed by atoms with Crippen LogP contribution >= 0.6 is 39.7 Å². The van der Waals surface area contributed by atoms with Crippen LogP contribution in [0.2, 0.25) is 5.02 Å². The van der Waals surface area contributed by atoms with Gasteiger partial charge >= 0.3 is 0 Å². The number of rotatable bonds is 6. The van der Waals surface area contributed by atoms with Crippen molar-refractivity contribution in [3.8, 4) is 5.75 Å². The Hall–Kier alpha value is -2.20. The Morgan fingerprint density at radius 3 is 2.54 bits per heavy atom. The van der Waals surface area contributed by atoms with E-state index in [1.807, 2.05) is 0 Å². The summed E-state index contributed by atoms with van der Waals surface area (Å²) in [7, 11) is 1.58. The van der Waals surface area contributed by atoms with Gasteiger partial charge in [0.2, 0.25) is 0 Å². The molecule has 0 aliphatic rings. The second-order valence-electron chi connectivity index (χ2n) is 5.33. The molecule has 0 saturated carbocycles. The zero-order chi connectivity index (χ0) is 20.5. The van der Waals surface area contributed by atoms with Gasteiger partial charge in [0.1, 0.15) is 12.4 Å². The van der Waals surface area contributed by atoms with E-state index < -0.39 is 11.8 Å². The molecular weight excluding hydrogens is 470 g/mol. The molecule has 0 heterocycles. The van der Waals surface area contributed by atoms with E-state index in [2.05, 4.69) is 32.1 Å². The number of halogens is 2. The highest BCUT2D eigenvalue weighted by Crippen LogP contribution is 2.26. The van der Waals surface area contributed by atoms with E-state index in [4.69, 9.17) is 33.3 Å². The van der Waals surface area contributed by atoms with Gasteiger partial charge in [-0.15, -0.1) is 0 Å². The van der Waals surface area contributed by atoms with Crippen LogP contribution in [0.3, 0.4) is 0 Å². The fraction of sp³-hybridized carbons (Fsp3) is 0.167. The van der Waals surface area contributed by atoms with Gasteiger partial charge in [0.15, 0.2) is 5.11 Å². The third kappa shape index (κ3) is 6.45. The maximum atomic E-state index is 12.3. The van der Waals surface area contributed by atoms with E-state index in [0.717, 1.165) is 0 Å². The summed E-state index contributed by atoms with van der Waals surface area (Å²) in [6.07, 6.45) is 0. The summed E-state index contributed by atoms with van der Waals surface area (Å²) in [5.74, 6) is -0.350. The van der Waals surface area contributed by atoms with E-state index in [-0.39, 0.29) is 10.7 Å². The van der Waals surface area contributed by atoms with Crippen LogP contribution in [0.5, 0.6) is 5.75 Å². The van der Waals surface area contributed by atoms with Crippen molar-refractivity contribution in [3.05, 3.63) is 63.1 Å². The van der Waals surface area contributed by atoms with Gasteiger partial charge in [-0.3, -0.25) is 25.8 Å². The van der Waals surface area contributed by atoms with Crippen molar-refractivity contribution in [3.63, 3.8) is 0 Å². The van der Waals surface area contributed by atoms with Gasteiger partial charge < -0.3 is 9.47 Å². The van der Waals surface area contributed by atoms with E-state index >= 15 is 0 Å². The molecule has 0 aromatic heterocycles. The molecule has 0 spiro atoms. The number of nitrogens with one attached hydrogen (secondary N) is 3. The lowest BCUT2D eigenvalue weighted by molar-refractivity contribution is 0.0934. The molecule has 10 heteroatoms. The monoisotopic (exact) mass is 485 g/mol. The molecule has 148 valence electrons. The van der Waals surface area contributed by atoms with Crippen molar-refractivity contribution in [2.24, 2.45) is 0 Å². The SMILES string of the molecule is COCCOc1ccc(C(=O)NC(=S)NNC(=O)c2ccccc2Cl)cc1Br. The minimum absolute atomic E-state index is 0.0676. The van der Waals surface area contributed by atoms with Crippen LogP contribution < -0.4 is 20.9 Å². The Labute approximate surface area is 180 Å². The number of ether oxygens (including phenoxy) is 2. The minimum Gasteiger partial charge on any atom is -0.490 e. The number of amides is 2. The fourth-order valence-corrected chi connectivity index (χ4v) is 2.89. The number of benzene rings is 2. The van der Waals surface area contributed by atoms with Gasteiger partial charge in [-0.2, -0.15) is 0 Å². The van der Waals surface area contributed by atoms with E-state index in [0.29, 0.717) is 34.0 Å². The molecule has 0 radical (unpaired) electrons. The highest BCUT2D eigenvalue weighted by Gasteiger charge is 2.13. The van der Waals surface area contributed by atoms with E-state index in [1.165, 1.54) is 0 Å². The molecule has 0 bridgehead atoms. The number of hydrazine groups is 1. The number of carbonyl (C=O) groups is 2. The standard InChI is InChI=1S/C18H17BrClN3O4S/c1-26-8-9-27-15-7-6-11(10-13(15)19)16(24)21-18(28)23-22-17(25)12-4-2-3-5-14(12)20/h2-7,10H,8-9H2,1H3,(H,22,25)(H2,21,23,24,28). The normalized spacial score (nSPS) is 10.1. The number of thiocarbonyl (C=S) groups is 1. The van der Waals surface area contributed by atoms with E-state index in [1.54, 1.807) is 49.6 Å². The maximum Gasteiger partial charge on any atom is 0.271 e. The van der Waals surface area contributed by atoms with Crippen molar-refractivity contribution in [1.29, 1.82) is 0 Å². The Kier molecular flexibility index (Phi) is 8.65. The van der Waals surface area contributed by atoms with Gasteiger partial charge in [-0.25, -0.2) is 0 Å². The molecule has 3 N–H and O–H groups in total. The van der Waals surface area contributed by atoms with Gasteiger partial charge in [0.05, 0.1) is 21.7 Å². The van der Waals surface area contributed by atoms with Gasteiger partial charge in [0.25, 0.3) is 11.8 Å². The van der Waals surface area contributed by atoms with Gasteiger partial charge in [-0.1, -0.05) is 23.7 Å². The third-order valence-electron chi connectivity index (χ3n) is 3.37. The molecule has 0 aliphatic heterocycles. The van der Waals surface area contributed by atoms with Crippen molar-refractivity contribution < 1.29 is 19.1 Å². The summed E-state index contributed by atoms with van der Waals surface area (Å²) in [5, 5.41) is 2.70. The molecule has 0 fully saturated rings. The Morgan fingerprint density at radius 1 is 1.11 bits per heavy atom. The minimum atomic E-state index is -0.484.